The van der Waals surface area contributed by atoms with Crippen LogP contribution in [0.1, 0.15) is 50.5 Å². The van der Waals surface area contributed by atoms with Gasteiger partial charge in [0.1, 0.15) is 11.6 Å². The molecule has 0 heterocycles. The minimum absolute atomic E-state index is 0.0790. The number of nitrogens with one attached hydrogen (secondary N) is 3. The molecule has 9 heteroatoms. The van der Waals surface area contributed by atoms with Gasteiger partial charge in [0.25, 0.3) is 11.8 Å². The SMILES string of the molecule is COC(=O)c1cc(C(=O)NCC(C)C)ccc1-c1c(OC)cccc1C(=O)Nc1ccc(C(=N)N)cc1. The molecular weight excluding hydrogens is 472 g/mol. The lowest BCUT2D eigenvalue weighted by molar-refractivity contribution is 0.0601. The molecular formula is C28H30N4O5. The second-order valence-corrected chi connectivity index (χ2v) is 8.68. The van der Waals surface area contributed by atoms with Crippen molar-refractivity contribution >= 4 is 29.3 Å². The van der Waals surface area contributed by atoms with Gasteiger partial charge in [0.2, 0.25) is 0 Å². The lowest BCUT2D eigenvalue weighted by Gasteiger charge is -2.17. The number of rotatable bonds is 9. The maximum absolute atomic E-state index is 13.4. The van der Waals surface area contributed by atoms with Crippen LogP contribution < -0.4 is 21.1 Å². The number of amides is 2. The average Bonchev–Trinajstić information content (AvgIpc) is 2.90. The standard InChI is InChI=1S/C28H30N4O5/c1-16(2)15-31-26(33)18-10-13-20(22(14-18)28(35)37-4)24-21(6-5-7-23(24)36-3)27(34)32-19-11-8-17(9-12-19)25(29)30/h5-14,16H,15H2,1-4H3,(H3,29,30)(H,31,33)(H,32,34). The first kappa shape index (κ1) is 26.9. The first-order valence-corrected chi connectivity index (χ1v) is 11.6. The van der Waals surface area contributed by atoms with Crippen molar-refractivity contribution in [3.05, 3.63) is 82.9 Å². The lowest BCUT2D eigenvalue weighted by atomic mass is 9.92. The molecule has 37 heavy (non-hydrogen) atoms. The fourth-order valence-corrected chi connectivity index (χ4v) is 3.68. The number of carbonyl (C=O) groups excluding carboxylic acids is 3. The first-order chi connectivity index (χ1) is 17.7. The van der Waals surface area contributed by atoms with Crippen LogP contribution in [0.25, 0.3) is 11.1 Å². The van der Waals surface area contributed by atoms with Crippen molar-refractivity contribution in [1.29, 1.82) is 5.41 Å². The molecule has 3 aromatic rings. The van der Waals surface area contributed by atoms with Gasteiger partial charge in [0.05, 0.1) is 25.3 Å². The fourth-order valence-electron chi connectivity index (χ4n) is 3.68. The molecule has 0 bridgehead atoms. The largest absolute Gasteiger partial charge is 0.496 e. The van der Waals surface area contributed by atoms with Crippen molar-refractivity contribution in [3.8, 4) is 16.9 Å². The Labute approximate surface area is 215 Å². The van der Waals surface area contributed by atoms with Crippen LogP contribution in [-0.4, -0.2) is 44.4 Å². The fraction of sp³-hybridized carbons (Fsp3) is 0.214. The van der Waals surface area contributed by atoms with E-state index in [2.05, 4.69) is 10.6 Å². The number of esters is 1. The first-order valence-electron chi connectivity index (χ1n) is 11.6. The number of benzene rings is 3. The molecule has 0 saturated carbocycles. The number of ether oxygens (including phenoxy) is 2. The van der Waals surface area contributed by atoms with Crippen molar-refractivity contribution in [3.63, 3.8) is 0 Å². The highest BCUT2D eigenvalue weighted by molar-refractivity contribution is 6.12. The Balaban J connectivity index is 2.07. The minimum Gasteiger partial charge on any atom is -0.496 e. The molecule has 2 amide bonds. The second kappa shape index (κ2) is 11.9. The number of hydrogen-bond donors (Lipinski definition) is 4. The summed E-state index contributed by atoms with van der Waals surface area (Å²) in [4.78, 5) is 38.8. The van der Waals surface area contributed by atoms with E-state index in [9.17, 15) is 14.4 Å². The zero-order valence-electron chi connectivity index (χ0n) is 21.2. The van der Waals surface area contributed by atoms with Gasteiger partial charge >= 0.3 is 5.97 Å². The van der Waals surface area contributed by atoms with Crippen molar-refractivity contribution in [1.82, 2.24) is 5.32 Å². The zero-order chi connectivity index (χ0) is 27.1. The lowest BCUT2D eigenvalue weighted by Crippen LogP contribution is -2.27. The van der Waals surface area contributed by atoms with Crippen molar-refractivity contribution in [2.24, 2.45) is 11.7 Å². The van der Waals surface area contributed by atoms with Gasteiger partial charge in [-0.1, -0.05) is 26.0 Å². The van der Waals surface area contributed by atoms with E-state index >= 15 is 0 Å². The van der Waals surface area contributed by atoms with Crippen LogP contribution >= 0.6 is 0 Å². The third-order valence-electron chi connectivity index (χ3n) is 5.57. The third kappa shape index (κ3) is 6.32. The molecule has 0 spiro atoms. The molecule has 0 aliphatic rings. The van der Waals surface area contributed by atoms with Gasteiger partial charge in [0.15, 0.2) is 0 Å². The molecule has 0 aromatic heterocycles. The summed E-state index contributed by atoms with van der Waals surface area (Å²) in [6.45, 7) is 4.45. The molecule has 3 aromatic carbocycles. The van der Waals surface area contributed by atoms with Gasteiger partial charge in [-0.2, -0.15) is 0 Å². The van der Waals surface area contributed by atoms with E-state index in [0.29, 0.717) is 34.7 Å². The van der Waals surface area contributed by atoms with Gasteiger partial charge < -0.3 is 25.8 Å². The smallest absolute Gasteiger partial charge is 0.338 e. The second-order valence-electron chi connectivity index (χ2n) is 8.68. The summed E-state index contributed by atoms with van der Waals surface area (Å²) in [5.74, 6) is -0.884. The zero-order valence-corrected chi connectivity index (χ0v) is 21.2. The Bertz CT molecular complexity index is 1330. The van der Waals surface area contributed by atoms with Gasteiger partial charge in [-0.25, -0.2) is 4.79 Å². The van der Waals surface area contributed by atoms with E-state index < -0.39 is 11.9 Å². The molecule has 9 nitrogen and oxygen atoms in total. The molecule has 0 unspecified atom stereocenters. The van der Waals surface area contributed by atoms with Crippen LogP contribution in [0.2, 0.25) is 0 Å². The highest BCUT2D eigenvalue weighted by atomic mass is 16.5. The molecule has 0 aliphatic carbocycles. The molecule has 0 radical (unpaired) electrons. The third-order valence-corrected chi connectivity index (χ3v) is 5.57. The van der Waals surface area contributed by atoms with Crippen molar-refractivity contribution < 1.29 is 23.9 Å². The number of carbonyl (C=O) groups is 3. The summed E-state index contributed by atoms with van der Waals surface area (Å²) in [7, 11) is 2.71. The maximum Gasteiger partial charge on any atom is 0.338 e. The average molecular weight is 503 g/mol. The molecule has 5 N–H and O–H groups in total. The number of anilines is 1. The number of nitrogen functional groups attached to an aromatic ring is 1. The monoisotopic (exact) mass is 502 g/mol. The summed E-state index contributed by atoms with van der Waals surface area (Å²) < 4.78 is 10.5. The van der Waals surface area contributed by atoms with Crippen LogP contribution in [0.5, 0.6) is 5.75 Å². The quantitative estimate of drug-likeness (QED) is 0.197. The Morgan fingerprint density at radius 3 is 2.19 bits per heavy atom. The van der Waals surface area contributed by atoms with Crippen LogP contribution in [0.4, 0.5) is 5.69 Å². The minimum atomic E-state index is -0.661. The van der Waals surface area contributed by atoms with E-state index in [-0.39, 0.29) is 34.4 Å². The molecule has 0 aliphatic heterocycles. The van der Waals surface area contributed by atoms with Crippen LogP contribution in [-0.2, 0) is 4.74 Å². The Kier molecular flexibility index (Phi) is 8.63. The summed E-state index contributed by atoms with van der Waals surface area (Å²) in [5, 5.41) is 13.2. The van der Waals surface area contributed by atoms with Crippen molar-refractivity contribution in [2.45, 2.75) is 13.8 Å². The van der Waals surface area contributed by atoms with E-state index in [4.69, 9.17) is 20.6 Å². The Morgan fingerprint density at radius 2 is 1.59 bits per heavy atom. The number of methoxy groups -OCH3 is 2. The molecule has 0 fully saturated rings. The van der Waals surface area contributed by atoms with E-state index in [1.165, 1.54) is 20.3 Å². The summed E-state index contributed by atoms with van der Waals surface area (Å²) in [5.41, 5.74) is 7.92. The van der Waals surface area contributed by atoms with E-state index in [1.807, 2.05) is 13.8 Å². The number of hydrogen-bond acceptors (Lipinski definition) is 6. The maximum atomic E-state index is 13.4. The van der Waals surface area contributed by atoms with Crippen LogP contribution in [0.3, 0.4) is 0 Å². The number of amidine groups is 1. The van der Waals surface area contributed by atoms with Gasteiger partial charge in [0, 0.05) is 34.5 Å². The van der Waals surface area contributed by atoms with E-state index in [0.717, 1.165) is 0 Å². The normalized spacial score (nSPS) is 10.5. The highest BCUT2D eigenvalue weighted by Gasteiger charge is 2.24. The summed E-state index contributed by atoms with van der Waals surface area (Å²) in [6, 6.07) is 16.1. The predicted octanol–water partition coefficient (Wildman–Crippen LogP) is 4.07. The van der Waals surface area contributed by atoms with Gasteiger partial charge in [-0.3, -0.25) is 15.0 Å². The van der Waals surface area contributed by atoms with E-state index in [1.54, 1.807) is 54.6 Å². The Hall–Kier alpha value is -4.66. The topological polar surface area (TPSA) is 144 Å². The summed E-state index contributed by atoms with van der Waals surface area (Å²) >= 11 is 0. The molecule has 192 valence electrons. The summed E-state index contributed by atoms with van der Waals surface area (Å²) in [6.07, 6.45) is 0. The van der Waals surface area contributed by atoms with Gasteiger partial charge in [-0.05, 0) is 54.4 Å². The predicted molar refractivity (Wildman–Crippen MR) is 142 cm³/mol. The van der Waals surface area contributed by atoms with Gasteiger partial charge in [-0.15, -0.1) is 0 Å². The molecule has 0 saturated heterocycles. The molecule has 3 rings (SSSR count). The highest BCUT2D eigenvalue weighted by Crippen LogP contribution is 2.37. The van der Waals surface area contributed by atoms with Crippen molar-refractivity contribution in [2.75, 3.05) is 26.1 Å². The van der Waals surface area contributed by atoms with Crippen LogP contribution in [0.15, 0.2) is 60.7 Å². The van der Waals surface area contributed by atoms with Crippen LogP contribution in [0, 0.1) is 11.3 Å². The molecule has 0 atom stereocenters. The Morgan fingerprint density at radius 1 is 0.919 bits per heavy atom. The number of nitrogens with two attached hydrogens (primary N) is 1.